The molecule has 12 heteroatoms. The molecular formula is C25H18ClF3N6O2. The molecule has 2 aromatic carbocycles. The van der Waals surface area contributed by atoms with Crippen molar-refractivity contribution in [2.75, 3.05) is 5.32 Å². The molecule has 5 aromatic rings. The highest BCUT2D eigenvalue weighted by molar-refractivity contribution is 6.39. The molecule has 188 valence electrons. The van der Waals surface area contributed by atoms with Gasteiger partial charge < -0.3 is 9.84 Å². The van der Waals surface area contributed by atoms with Crippen LogP contribution >= 0.6 is 11.6 Å². The van der Waals surface area contributed by atoms with Crippen molar-refractivity contribution >= 4 is 34.2 Å². The zero-order valence-corrected chi connectivity index (χ0v) is 20.2. The molecular weight excluding hydrogens is 509 g/mol. The van der Waals surface area contributed by atoms with Gasteiger partial charge in [-0.3, -0.25) is 4.79 Å². The fourth-order valence-electron chi connectivity index (χ4n) is 3.75. The second-order valence-corrected chi connectivity index (χ2v) is 8.71. The minimum absolute atomic E-state index is 0.0520. The molecule has 0 aliphatic carbocycles. The summed E-state index contributed by atoms with van der Waals surface area (Å²) >= 11 is 6.55. The Morgan fingerprint density at radius 3 is 2.46 bits per heavy atom. The molecule has 0 fully saturated rings. The Morgan fingerprint density at radius 2 is 1.78 bits per heavy atom. The number of hydrogen-bond donors (Lipinski definition) is 1. The lowest BCUT2D eigenvalue weighted by atomic mass is 10.1. The van der Waals surface area contributed by atoms with Crippen molar-refractivity contribution in [1.29, 1.82) is 0 Å². The van der Waals surface area contributed by atoms with E-state index in [4.69, 9.17) is 16.1 Å². The number of aryl methyl sites for hydroxylation is 2. The standard InChI is InChI=1S/C25H18ClF3N6O2/c1-13-3-5-15(6-4-13)22-32-19(37-34-22)12-35-23-20(14(2)33-35)21(26)18(11-30-23)24(36)31-17-9-7-16(8-10-17)25(27,28)29/h3-11H,12H2,1-2H3,(H,31,36). The highest BCUT2D eigenvalue weighted by Crippen LogP contribution is 2.31. The quantitative estimate of drug-likeness (QED) is 0.298. The summed E-state index contributed by atoms with van der Waals surface area (Å²) in [4.78, 5) is 21.6. The van der Waals surface area contributed by atoms with Crippen LogP contribution in [0, 0.1) is 13.8 Å². The largest absolute Gasteiger partial charge is 0.416 e. The summed E-state index contributed by atoms with van der Waals surface area (Å²) < 4.78 is 45.3. The van der Waals surface area contributed by atoms with Crippen LogP contribution in [0.2, 0.25) is 5.02 Å². The van der Waals surface area contributed by atoms with Crippen LogP contribution in [0.4, 0.5) is 18.9 Å². The van der Waals surface area contributed by atoms with Gasteiger partial charge in [0.15, 0.2) is 5.65 Å². The Hall–Kier alpha value is -4.25. The smallest absolute Gasteiger partial charge is 0.337 e. The first-order valence-electron chi connectivity index (χ1n) is 11.0. The van der Waals surface area contributed by atoms with E-state index in [-0.39, 0.29) is 22.8 Å². The normalized spacial score (nSPS) is 11.7. The molecule has 0 bridgehead atoms. The van der Waals surface area contributed by atoms with Crippen LogP contribution in [0.25, 0.3) is 22.4 Å². The van der Waals surface area contributed by atoms with Crippen LogP contribution in [0.15, 0.2) is 59.3 Å². The van der Waals surface area contributed by atoms with Gasteiger partial charge in [-0.25, -0.2) is 9.67 Å². The van der Waals surface area contributed by atoms with Gasteiger partial charge in [0, 0.05) is 17.4 Å². The van der Waals surface area contributed by atoms with E-state index in [0.29, 0.717) is 28.4 Å². The number of alkyl halides is 3. The minimum Gasteiger partial charge on any atom is -0.337 e. The SMILES string of the molecule is Cc1ccc(-c2noc(Cn3nc(C)c4c(Cl)c(C(=O)Nc5ccc(C(F)(F)F)cc5)cnc43)n2)cc1. The van der Waals surface area contributed by atoms with Gasteiger partial charge in [0.25, 0.3) is 5.91 Å². The third-order valence-electron chi connectivity index (χ3n) is 5.65. The van der Waals surface area contributed by atoms with Gasteiger partial charge in [-0.15, -0.1) is 0 Å². The highest BCUT2D eigenvalue weighted by Gasteiger charge is 2.30. The molecule has 0 spiro atoms. The number of benzene rings is 2. The monoisotopic (exact) mass is 526 g/mol. The van der Waals surface area contributed by atoms with Crippen molar-refractivity contribution < 1.29 is 22.5 Å². The Balaban J connectivity index is 1.38. The molecule has 0 atom stereocenters. The molecule has 0 aliphatic rings. The summed E-state index contributed by atoms with van der Waals surface area (Å²) in [6.07, 6.45) is -3.19. The van der Waals surface area contributed by atoms with E-state index < -0.39 is 17.6 Å². The van der Waals surface area contributed by atoms with Gasteiger partial charge >= 0.3 is 6.18 Å². The number of anilines is 1. The van der Waals surface area contributed by atoms with E-state index in [0.717, 1.165) is 23.3 Å². The second kappa shape index (κ2) is 9.32. The number of fused-ring (bicyclic) bond motifs is 1. The Kier molecular flexibility index (Phi) is 6.16. The minimum atomic E-state index is -4.47. The first kappa shape index (κ1) is 24.4. The van der Waals surface area contributed by atoms with Crippen LogP contribution in [0.3, 0.4) is 0 Å². The number of pyridine rings is 1. The number of hydrogen-bond acceptors (Lipinski definition) is 6. The van der Waals surface area contributed by atoms with Crippen molar-refractivity contribution in [3.8, 4) is 11.4 Å². The van der Waals surface area contributed by atoms with Gasteiger partial charge in [0.05, 0.1) is 27.2 Å². The predicted molar refractivity (Wildman–Crippen MR) is 130 cm³/mol. The van der Waals surface area contributed by atoms with Gasteiger partial charge in [-0.1, -0.05) is 46.6 Å². The van der Waals surface area contributed by atoms with E-state index in [1.165, 1.54) is 18.3 Å². The fraction of sp³-hybridized carbons (Fsp3) is 0.160. The van der Waals surface area contributed by atoms with Crippen LogP contribution < -0.4 is 5.32 Å². The third kappa shape index (κ3) is 4.90. The van der Waals surface area contributed by atoms with Crippen molar-refractivity contribution in [2.24, 2.45) is 0 Å². The Bertz CT molecular complexity index is 1610. The molecule has 0 aliphatic heterocycles. The number of nitrogens with one attached hydrogen (secondary N) is 1. The average molecular weight is 527 g/mol. The first-order valence-corrected chi connectivity index (χ1v) is 11.4. The second-order valence-electron chi connectivity index (χ2n) is 8.33. The lowest BCUT2D eigenvalue weighted by molar-refractivity contribution is -0.137. The maximum atomic E-state index is 12.8. The van der Waals surface area contributed by atoms with Crippen LogP contribution in [-0.4, -0.2) is 30.8 Å². The van der Waals surface area contributed by atoms with Crippen LogP contribution in [0.5, 0.6) is 0 Å². The Morgan fingerprint density at radius 1 is 1.08 bits per heavy atom. The molecule has 1 N–H and O–H groups in total. The molecule has 3 heterocycles. The van der Waals surface area contributed by atoms with E-state index >= 15 is 0 Å². The van der Waals surface area contributed by atoms with Gasteiger partial charge in [-0.05, 0) is 38.1 Å². The third-order valence-corrected chi connectivity index (χ3v) is 6.04. The summed E-state index contributed by atoms with van der Waals surface area (Å²) in [5, 5.41) is 11.6. The van der Waals surface area contributed by atoms with Crippen molar-refractivity contribution in [1.82, 2.24) is 24.9 Å². The number of amides is 1. The predicted octanol–water partition coefficient (Wildman–Crippen LogP) is 6.07. The van der Waals surface area contributed by atoms with Gasteiger partial charge in [0.2, 0.25) is 11.7 Å². The van der Waals surface area contributed by atoms with Crippen molar-refractivity contribution in [2.45, 2.75) is 26.6 Å². The van der Waals surface area contributed by atoms with Crippen molar-refractivity contribution in [3.05, 3.63) is 88.0 Å². The molecule has 0 unspecified atom stereocenters. The van der Waals surface area contributed by atoms with Crippen LogP contribution in [-0.2, 0) is 12.7 Å². The first-order chi connectivity index (χ1) is 17.6. The number of carbonyl (C=O) groups excluding carboxylic acids is 1. The van der Waals surface area contributed by atoms with Gasteiger partial charge in [0.1, 0.15) is 6.54 Å². The fourth-order valence-corrected chi connectivity index (χ4v) is 4.11. The summed E-state index contributed by atoms with van der Waals surface area (Å²) in [5.74, 6) is 0.129. The molecule has 1 amide bonds. The number of halogens is 4. The molecule has 37 heavy (non-hydrogen) atoms. The van der Waals surface area contributed by atoms with Gasteiger partial charge in [-0.2, -0.15) is 23.3 Å². The molecule has 3 aromatic heterocycles. The van der Waals surface area contributed by atoms with Crippen molar-refractivity contribution in [3.63, 3.8) is 0 Å². The summed E-state index contributed by atoms with van der Waals surface area (Å²) in [6, 6.07) is 11.8. The van der Waals surface area contributed by atoms with Crippen LogP contribution in [0.1, 0.15) is 33.1 Å². The lowest BCUT2D eigenvalue weighted by Gasteiger charge is -2.10. The number of nitrogens with zero attached hydrogens (tertiary/aromatic N) is 5. The summed E-state index contributed by atoms with van der Waals surface area (Å²) in [5.41, 5.74) is 2.27. The zero-order chi connectivity index (χ0) is 26.3. The van der Waals surface area contributed by atoms with E-state index in [9.17, 15) is 18.0 Å². The Labute approximate surface area is 213 Å². The number of rotatable bonds is 5. The summed E-state index contributed by atoms with van der Waals surface area (Å²) in [6.45, 7) is 3.83. The molecule has 0 saturated carbocycles. The van der Waals surface area contributed by atoms with E-state index in [1.807, 2.05) is 31.2 Å². The topological polar surface area (TPSA) is 98.7 Å². The zero-order valence-electron chi connectivity index (χ0n) is 19.5. The van der Waals surface area contributed by atoms with E-state index in [2.05, 4.69) is 25.5 Å². The molecule has 0 saturated heterocycles. The molecule has 0 radical (unpaired) electrons. The van der Waals surface area contributed by atoms with E-state index in [1.54, 1.807) is 11.6 Å². The lowest BCUT2D eigenvalue weighted by Crippen LogP contribution is -2.14. The maximum absolute atomic E-state index is 12.8. The number of carbonyl (C=O) groups is 1. The summed E-state index contributed by atoms with van der Waals surface area (Å²) in [7, 11) is 0. The highest BCUT2D eigenvalue weighted by atomic mass is 35.5. The maximum Gasteiger partial charge on any atom is 0.416 e. The molecule has 8 nitrogen and oxygen atoms in total. The number of aromatic nitrogens is 5. The molecule has 5 rings (SSSR count). The average Bonchev–Trinajstić information content (AvgIpc) is 3.44.